The van der Waals surface area contributed by atoms with Crippen molar-refractivity contribution >= 4 is 11.1 Å². The van der Waals surface area contributed by atoms with Crippen molar-refractivity contribution in [3.63, 3.8) is 0 Å². The van der Waals surface area contributed by atoms with Gasteiger partial charge in [0.2, 0.25) is 0 Å². The van der Waals surface area contributed by atoms with Crippen LogP contribution in [0.15, 0.2) is 132 Å². The van der Waals surface area contributed by atoms with E-state index in [9.17, 15) is 0 Å². The molecular formula is C44H36N4O. The first-order valence-electron chi connectivity index (χ1n) is 17.6. The van der Waals surface area contributed by atoms with Gasteiger partial charge < -0.3 is 4.42 Å². The number of fused-ring (bicyclic) bond motifs is 1. The molecule has 4 aliphatic rings. The summed E-state index contributed by atoms with van der Waals surface area (Å²) in [5.74, 6) is 4.84. The molecule has 0 N–H and O–H groups in total. The van der Waals surface area contributed by atoms with Gasteiger partial charge in [0, 0.05) is 22.3 Å². The van der Waals surface area contributed by atoms with Gasteiger partial charge in [0.05, 0.1) is 0 Å². The fourth-order valence-corrected chi connectivity index (χ4v) is 9.58. The summed E-state index contributed by atoms with van der Waals surface area (Å²) in [6.07, 6.45) is 9.98. The Labute approximate surface area is 286 Å². The molecular weight excluding hydrogens is 601 g/mol. The molecule has 7 aromatic rings. The van der Waals surface area contributed by atoms with E-state index in [0.29, 0.717) is 22.9 Å². The third kappa shape index (κ3) is 5.07. The molecule has 11 rings (SSSR count). The molecule has 0 saturated heterocycles. The van der Waals surface area contributed by atoms with E-state index in [0.717, 1.165) is 67.8 Å². The second-order valence-corrected chi connectivity index (χ2v) is 14.6. The zero-order valence-electron chi connectivity index (χ0n) is 27.3. The van der Waals surface area contributed by atoms with Crippen molar-refractivity contribution in [1.29, 1.82) is 0 Å². The maximum atomic E-state index is 5.72. The molecule has 4 aliphatic carbocycles. The second-order valence-electron chi connectivity index (χ2n) is 14.6. The van der Waals surface area contributed by atoms with Crippen molar-refractivity contribution < 1.29 is 4.42 Å². The average molecular weight is 637 g/mol. The van der Waals surface area contributed by atoms with E-state index in [2.05, 4.69) is 96.0 Å². The lowest BCUT2D eigenvalue weighted by molar-refractivity contribution is -0.00518. The van der Waals surface area contributed by atoms with Crippen LogP contribution >= 0.6 is 0 Å². The van der Waals surface area contributed by atoms with Gasteiger partial charge in [0.25, 0.3) is 0 Å². The highest BCUT2D eigenvalue weighted by Gasteiger charge is 2.51. The Morgan fingerprint density at radius 1 is 0.490 bits per heavy atom. The minimum atomic E-state index is 0.372. The minimum absolute atomic E-state index is 0.372. The zero-order valence-corrected chi connectivity index (χ0v) is 27.3. The Hall–Kier alpha value is -5.42. The van der Waals surface area contributed by atoms with Crippen molar-refractivity contribution in [3.8, 4) is 56.4 Å². The summed E-state index contributed by atoms with van der Waals surface area (Å²) in [6, 6.07) is 42.6. The first kappa shape index (κ1) is 28.6. The van der Waals surface area contributed by atoms with Crippen LogP contribution in [0.3, 0.4) is 0 Å². The average Bonchev–Trinajstić information content (AvgIpc) is 3.64. The van der Waals surface area contributed by atoms with Crippen LogP contribution in [0.2, 0.25) is 0 Å². The largest absolute Gasteiger partial charge is 0.443 e. The summed E-state index contributed by atoms with van der Waals surface area (Å²) in [5, 5.41) is 0. The fourth-order valence-electron chi connectivity index (χ4n) is 9.58. The van der Waals surface area contributed by atoms with Crippen LogP contribution in [-0.4, -0.2) is 19.9 Å². The lowest BCUT2D eigenvalue weighted by Crippen LogP contribution is -2.48. The van der Waals surface area contributed by atoms with Gasteiger partial charge in [-0.1, -0.05) is 109 Å². The van der Waals surface area contributed by atoms with Gasteiger partial charge in [-0.3, -0.25) is 0 Å². The van der Waals surface area contributed by atoms with Gasteiger partial charge >= 0.3 is 0 Å². The Kier molecular flexibility index (Phi) is 6.61. The smallest absolute Gasteiger partial charge is 0.182 e. The molecule has 0 amide bonds. The number of rotatable bonds is 6. The predicted molar refractivity (Wildman–Crippen MR) is 194 cm³/mol. The fraction of sp³-hybridized carbons (Fsp3) is 0.227. The molecule has 0 unspecified atom stereocenters. The molecule has 5 nitrogen and oxygen atoms in total. The molecule has 0 spiro atoms. The molecule has 0 radical (unpaired) electrons. The van der Waals surface area contributed by atoms with Gasteiger partial charge in [-0.05, 0) is 96.1 Å². The van der Waals surface area contributed by atoms with Crippen LogP contribution in [0, 0.1) is 17.8 Å². The zero-order chi connectivity index (χ0) is 32.4. The highest BCUT2D eigenvalue weighted by atomic mass is 16.3. The minimum Gasteiger partial charge on any atom is -0.443 e. The van der Waals surface area contributed by atoms with Gasteiger partial charge in [0.15, 0.2) is 29.4 Å². The first-order chi connectivity index (χ1) is 24.2. The molecule has 5 aromatic carbocycles. The third-order valence-electron chi connectivity index (χ3n) is 11.5. The van der Waals surface area contributed by atoms with Crippen molar-refractivity contribution in [2.45, 2.75) is 43.9 Å². The molecule has 2 aromatic heterocycles. The maximum absolute atomic E-state index is 5.72. The van der Waals surface area contributed by atoms with Crippen LogP contribution in [0.4, 0.5) is 0 Å². The summed E-state index contributed by atoms with van der Waals surface area (Å²) in [6.45, 7) is 0. The second kappa shape index (κ2) is 11.3. The lowest BCUT2D eigenvalue weighted by atomic mass is 9.48. The van der Waals surface area contributed by atoms with E-state index in [1.165, 1.54) is 50.5 Å². The van der Waals surface area contributed by atoms with Gasteiger partial charge in [-0.25, -0.2) is 19.9 Å². The Balaban J connectivity index is 0.987. The SMILES string of the molecule is c1ccc(-c2nc(-c3ccc(-c4cccc(-c5cccc6ncoc56)c4)cc3)nc(-c3ccc(C45CC6CC(CC(C6)C4)C5)cc3)n2)cc1. The summed E-state index contributed by atoms with van der Waals surface area (Å²) in [5.41, 5.74) is 10.9. The van der Waals surface area contributed by atoms with E-state index < -0.39 is 0 Å². The van der Waals surface area contributed by atoms with Gasteiger partial charge in [-0.2, -0.15) is 0 Å². The molecule has 49 heavy (non-hydrogen) atoms. The topological polar surface area (TPSA) is 64.7 Å². The summed E-state index contributed by atoms with van der Waals surface area (Å²) in [7, 11) is 0. The quantitative estimate of drug-likeness (QED) is 0.182. The number of oxazole rings is 1. The molecule has 0 atom stereocenters. The molecule has 238 valence electrons. The molecule has 5 heteroatoms. The monoisotopic (exact) mass is 636 g/mol. The van der Waals surface area contributed by atoms with E-state index >= 15 is 0 Å². The van der Waals surface area contributed by atoms with Crippen LogP contribution in [0.1, 0.15) is 44.1 Å². The molecule has 4 fully saturated rings. The highest BCUT2D eigenvalue weighted by Crippen LogP contribution is 2.60. The normalized spacial score (nSPS) is 22.5. The number of aromatic nitrogens is 4. The maximum Gasteiger partial charge on any atom is 0.182 e. The van der Waals surface area contributed by atoms with Crippen molar-refractivity contribution in [3.05, 3.63) is 133 Å². The van der Waals surface area contributed by atoms with Crippen molar-refractivity contribution in [2.75, 3.05) is 0 Å². The van der Waals surface area contributed by atoms with Crippen LogP contribution in [-0.2, 0) is 5.41 Å². The number of benzene rings is 5. The first-order valence-corrected chi connectivity index (χ1v) is 17.6. The van der Waals surface area contributed by atoms with Crippen molar-refractivity contribution in [1.82, 2.24) is 19.9 Å². The molecule has 2 heterocycles. The Morgan fingerprint density at radius 3 is 1.67 bits per heavy atom. The van der Waals surface area contributed by atoms with Gasteiger partial charge in [0.1, 0.15) is 5.52 Å². The highest BCUT2D eigenvalue weighted by molar-refractivity contribution is 5.91. The summed E-state index contributed by atoms with van der Waals surface area (Å²) < 4.78 is 5.72. The third-order valence-corrected chi connectivity index (χ3v) is 11.5. The lowest BCUT2D eigenvalue weighted by Gasteiger charge is -2.57. The van der Waals surface area contributed by atoms with Crippen molar-refractivity contribution in [2.24, 2.45) is 17.8 Å². The summed E-state index contributed by atoms with van der Waals surface area (Å²) >= 11 is 0. The molecule has 4 bridgehead atoms. The number of hydrogen-bond donors (Lipinski definition) is 0. The summed E-state index contributed by atoms with van der Waals surface area (Å²) in [4.78, 5) is 19.4. The van der Waals surface area contributed by atoms with E-state index in [1.54, 1.807) is 0 Å². The molecule has 4 saturated carbocycles. The standard InChI is InChI=1S/C44H36N4O/c1-2-6-32(7-3-1)41-46-42(48-43(47-41)34-16-18-37(19-17-34)44-24-28-20-29(25-44)22-30(21-28)26-44)33-14-12-31(13-15-33)35-8-4-9-36(23-35)38-10-5-11-39-40(38)49-27-45-39/h1-19,23,27-30H,20-22,24-26H2. The number of nitrogens with zero attached hydrogens (tertiary/aromatic N) is 4. The predicted octanol–water partition coefficient (Wildman–Crippen LogP) is 10.8. The van der Waals surface area contributed by atoms with Crippen LogP contribution < -0.4 is 0 Å². The van der Waals surface area contributed by atoms with E-state index in [4.69, 9.17) is 19.4 Å². The van der Waals surface area contributed by atoms with E-state index in [1.807, 2.05) is 30.3 Å². The Morgan fingerprint density at radius 2 is 1.02 bits per heavy atom. The van der Waals surface area contributed by atoms with Gasteiger partial charge in [-0.15, -0.1) is 0 Å². The Bertz CT molecular complexity index is 2270. The van der Waals surface area contributed by atoms with E-state index in [-0.39, 0.29) is 0 Å². The number of hydrogen-bond acceptors (Lipinski definition) is 5. The number of para-hydroxylation sites is 1. The van der Waals surface area contributed by atoms with Crippen LogP contribution in [0.25, 0.3) is 67.5 Å². The van der Waals surface area contributed by atoms with Crippen LogP contribution in [0.5, 0.6) is 0 Å². The molecule has 0 aliphatic heterocycles.